The fourth-order valence-electron chi connectivity index (χ4n) is 3.47. The molecule has 5 aromatic rings. The van der Waals surface area contributed by atoms with Crippen LogP contribution in [0.4, 0.5) is 17.5 Å². The lowest BCUT2D eigenvalue weighted by molar-refractivity contribution is 0.483. The summed E-state index contributed by atoms with van der Waals surface area (Å²) in [7, 11) is 1.87. The summed E-state index contributed by atoms with van der Waals surface area (Å²) in [4.78, 5) is 9.20. The maximum absolute atomic E-state index is 5.94. The van der Waals surface area contributed by atoms with E-state index >= 15 is 0 Å². The number of fused-ring (bicyclic) bond motifs is 1. The number of ether oxygens (including phenoxy) is 1. The van der Waals surface area contributed by atoms with Gasteiger partial charge in [-0.2, -0.15) is 0 Å². The van der Waals surface area contributed by atoms with Crippen LogP contribution in [0.15, 0.2) is 97.2 Å². The number of nitrogens with zero attached hydrogens (tertiary/aromatic N) is 3. The molecule has 152 valence electrons. The van der Waals surface area contributed by atoms with Gasteiger partial charge in [-0.1, -0.05) is 42.5 Å². The highest BCUT2D eigenvalue weighted by Gasteiger charge is 2.13. The summed E-state index contributed by atoms with van der Waals surface area (Å²) in [5, 5.41) is 6.55. The maximum atomic E-state index is 5.94. The highest BCUT2D eigenvalue weighted by Crippen LogP contribution is 2.28. The van der Waals surface area contributed by atoms with Crippen LogP contribution in [0.1, 0.15) is 0 Å². The Balaban J connectivity index is 1.47. The Morgan fingerprint density at radius 1 is 0.806 bits per heavy atom. The van der Waals surface area contributed by atoms with E-state index in [4.69, 9.17) is 4.74 Å². The molecule has 6 nitrogen and oxygen atoms in total. The molecule has 2 aromatic heterocycles. The van der Waals surface area contributed by atoms with Crippen LogP contribution in [0.5, 0.6) is 11.5 Å². The van der Waals surface area contributed by atoms with Crippen LogP contribution < -0.4 is 15.4 Å². The van der Waals surface area contributed by atoms with Gasteiger partial charge in [0.15, 0.2) is 0 Å². The van der Waals surface area contributed by atoms with Crippen LogP contribution in [-0.4, -0.2) is 21.6 Å². The van der Waals surface area contributed by atoms with Crippen molar-refractivity contribution in [3.05, 3.63) is 97.2 Å². The van der Waals surface area contributed by atoms with Gasteiger partial charge in [-0.05, 0) is 36.4 Å². The number of nitrogens with one attached hydrogen (secondary N) is 2. The van der Waals surface area contributed by atoms with Crippen molar-refractivity contribution in [3.8, 4) is 17.2 Å². The first-order valence-corrected chi connectivity index (χ1v) is 10.0. The zero-order valence-electron chi connectivity index (χ0n) is 17.0. The lowest BCUT2D eigenvalue weighted by Gasteiger charge is -2.11. The van der Waals surface area contributed by atoms with Crippen LogP contribution in [0.2, 0.25) is 0 Å². The second-order valence-electron chi connectivity index (χ2n) is 6.98. The molecule has 0 aliphatic heterocycles. The molecule has 0 saturated heterocycles. The Kier molecular flexibility index (Phi) is 4.94. The molecule has 0 fully saturated rings. The number of anilines is 3. The fourth-order valence-corrected chi connectivity index (χ4v) is 3.47. The highest BCUT2D eigenvalue weighted by molar-refractivity contribution is 5.83. The number of pyridine rings is 1. The third-order valence-corrected chi connectivity index (χ3v) is 4.86. The van der Waals surface area contributed by atoms with E-state index in [0.717, 1.165) is 45.7 Å². The Bertz CT molecular complexity index is 1320. The number of hydrogen-bond donors (Lipinski definition) is 2. The number of imidazole rings is 1. The topological polar surface area (TPSA) is 64.0 Å². The molecule has 5 rings (SSSR count). The standard InChI is InChI=1S/C25H21N5O/c1-26-25-29-22-17-27-24(16-23(22)30(25)19-10-4-2-5-11-19)28-18-9-8-14-21(15-18)31-20-12-6-3-7-13-20/h2-17H,1H3,(H,26,29)(H,27,28). The molecule has 3 aromatic carbocycles. The van der Waals surface area contributed by atoms with Gasteiger partial charge in [-0.15, -0.1) is 0 Å². The van der Waals surface area contributed by atoms with Crippen LogP contribution in [-0.2, 0) is 0 Å². The lowest BCUT2D eigenvalue weighted by Crippen LogP contribution is -2.01. The van der Waals surface area contributed by atoms with Gasteiger partial charge >= 0.3 is 0 Å². The van der Waals surface area contributed by atoms with E-state index in [0.29, 0.717) is 0 Å². The number of aromatic nitrogens is 3. The predicted molar refractivity (Wildman–Crippen MR) is 125 cm³/mol. The molecular formula is C25H21N5O. The van der Waals surface area contributed by atoms with Crippen LogP contribution in [0, 0.1) is 0 Å². The van der Waals surface area contributed by atoms with Crippen LogP contribution in [0.25, 0.3) is 16.7 Å². The van der Waals surface area contributed by atoms with Gasteiger partial charge in [-0.25, -0.2) is 9.97 Å². The lowest BCUT2D eigenvalue weighted by atomic mass is 10.2. The van der Waals surface area contributed by atoms with E-state index in [1.54, 1.807) is 6.20 Å². The highest BCUT2D eigenvalue weighted by atomic mass is 16.5. The minimum absolute atomic E-state index is 0.726. The second kappa shape index (κ2) is 8.20. The largest absolute Gasteiger partial charge is 0.457 e. The van der Waals surface area contributed by atoms with Crippen molar-refractivity contribution >= 4 is 28.5 Å². The van der Waals surface area contributed by atoms with Crippen molar-refractivity contribution in [2.45, 2.75) is 0 Å². The molecule has 0 bridgehead atoms. The third kappa shape index (κ3) is 3.91. The monoisotopic (exact) mass is 407 g/mol. The first-order chi connectivity index (χ1) is 15.3. The molecule has 31 heavy (non-hydrogen) atoms. The molecular weight excluding hydrogens is 386 g/mol. The number of hydrogen-bond acceptors (Lipinski definition) is 5. The molecule has 0 unspecified atom stereocenters. The van der Waals surface area contributed by atoms with Crippen molar-refractivity contribution in [2.24, 2.45) is 0 Å². The minimum atomic E-state index is 0.726. The summed E-state index contributed by atoms with van der Waals surface area (Å²) >= 11 is 0. The van der Waals surface area contributed by atoms with Gasteiger partial charge in [0.05, 0.1) is 11.7 Å². The Morgan fingerprint density at radius 3 is 2.32 bits per heavy atom. The minimum Gasteiger partial charge on any atom is -0.457 e. The summed E-state index contributed by atoms with van der Waals surface area (Å²) < 4.78 is 8.02. The Labute approximate surface area is 180 Å². The van der Waals surface area contributed by atoms with Crippen molar-refractivity contribution in [1.82, 2.24) is 14.5 Å². The summed E-state index contributed by atoms with van der Waals surface area (Å²) in [5.74, 6) is 3.04. The van der Waals surface area contributed by atoms with Gasteiger partial charge < -0.3 is 15.4 Å². The molecule has 0 spiro atoms. The van der Waals surface area contributed by atoms with E-state index in [1.807, 2.05) is 85.9 Å². The molecule has 0 aliphatic rings. The van der Waals surface area contributed by atoms with Gasteiger partial charge in [-0.3, -0.25) is 4.57 Å². The van der Waals surface area contributed by atoms with Gasteiger partial charge in [0, 0.05) is 30.6 Å². The average Bonchev–Trinajstić information content (AvgIpc) is 3.18. The molecule has 2 N–H and O–H groups in total. The van der Waals surface area contributed by atoms with E-state index in [9.17, 15) is 0 Å². The molecule has 6 heteroatoms. The molecule has 0 radical (unpaired) electrons. The molecule has 0 saturated carbocycles. The summed E-state index contributed by atoms with van der Waals surface area (Å²) in [6, 6.07) is 29.7. The van der Waals surface area contributed by atoms with E-state index in [-0.39, 0.29) is 0 Å². The molecule has 0 aliphatic carbocycles. The van der Waals surface area contributed by atoms with E-state index < -0.39 is 0 Å². The van der Waals surface area contributed by atoms with Gasteiger partial charge in [0.2, 0.25) is 5.95 Å². The summed E-state index contributed by atoms with van der Waals surface area (Å²) in [5.41, 5.74) is 3.70. The molecule has 0 amide bonds. The fraction of sp³-hybridized carbons (Fsp3) is 0.0400. The second-order valence-corrected chi connectivity index (χ2v) is 6.98. The maximum Gasteiger partial charge on any atom is 0.208 e. The van der Waals surface area contributed by atoms with E-state index in [1.165, 1.54) is 0 Å². The van der Waals surface area contributed by atoms with Crippen molar-refractivity contribution < 1.29 is 4.74 Å². The third-order valence-electron chi connectivity index (χ3n) is 4.86. The zero-order chi connectivity index (χ0) is 21.0. The normalized spacial score (nSPS) is 10.7. The SMILES string of the molecule is CNc1nc2cnc(Nc3cccc(Oc4ccccc4)c3)cc2n1-c1ccccc1. The van der Waals surface area contributed by atoms with Gasteiger partial charge in [0.25, 0.3) is 0 Å². The number of para-hydroxylation sites is 2. The summed E-state index contributed by atoms with van der Waals surface area (Å²) in [6.45, 7) is 0. The van der Waals surface area contributed by atoms with Crippen LogP contribution in [0.3, 0.4) is 0 Å². The quantitative estimate of drug-likeness (QED) is 0.361. The Morgan fingerprint density at radius 2 is 1.55 bits per heavy atom. The molecule has 0 atom stereocenters. The number of rotatable bonds is 6. The first kappa shape index (κ1) is 18.7. The number of benzene rings is 3. The average molecular weight is 407 g/mol. The van der Waals surface area contributed by atoms with Crippen molar-refractivity contribution in [2.75, 3.05) is 17.7 Å². The molecule has 2 heterocycles. The van der Waals surface area contributed by atoms with Crippen molar-refractivity contribution in [3.63, 3.8) is 0 Å². The smallest absolute Gasteiger partial charge is 0.208 e. The van der Waals surface area contributed by atoms with Gasteiger partial charge in [0.1, 0.15) is 22.8 Å². The van der Waals surface area contributed by atoms with E-state index in [2.05, 4.69) is 37.3 Å². The van der Waals surface area contributed by atoms with Crippen LogP contribution >= 0.6 is 0 Å². The zero-order valence-corrected chi connectivity index (χ0v) is 17.0. The predicted octanol–water partition coefficient (Wildman–Crippen LogP) is 6.00. The summed E-state index contributed by atoms with van der Waals surface area (Å²) in [6.07, 6.45) is 1.78. The Hall–Kier alpha value is -4.32. The first-order valence-electron chi connectivity index (χ1n) is 10.0. The van der Waals surface area contributed by atoms with Crippen molar-refractivity contribution in [1.29, 1.82) is 0 Å².